The molecule has 1 aromatic heterocycles. The molecule has 0 aliphatic carbocycles. The molecule has 20 heavy (non-hydrogen) atoms. The second kappa shape index (κ2) is 5.17. The molecule has 2 heterocycles. The van der Waals surface area contributed by atoms with Crippen LogP contribution in [0.15, 0.2) is 22.6 Å². The first-order chi connectivity index (χ1) is 9.78. The Morgan fingerprint density at radius 2 is 2.15 bits per heavy atom. The highest BCUT2D eigenvalue weighted by molar-refractivity contribution is 5.89. The van der Waals surface area contributed by atoms with Crippen molar-refractivity contribution in [3.8, 4) is 23.0 Å². The lowest BCUT2D eigenvalue weighted by molar-refractivity contribution is 0.0921. The van der Waals surface area contributed by atoms with E-state index in [0.29, 0.717) is 30.2 Å². The van der Waals surface area contributed by atoms with Crippen LogP contribution in [0.2, 0.25) is 0 Å². The molecule has 0 spiro atoms. The van der Waals surface area contributed by atoms with Crippen molar-refractivity contribution in [1.29, 1.82) is 0 Å². The molecule has 0 saturated carbocycles. The average Bonchev–Trinajstić information content (AvgIpc) is 3.12. The summed E-state index contributed by atoms with van der Waals surface area (Å²) in [6, 6.07) is 5.22. The van der Waals surface area contributed by atoms with Crippen LogP contribution in [-0.2, 0) is 0 Å². The van der Waals surface area contributed by atoms with Crippen LogP contribution in [0, 0.1) is 0 Å². The van der Waals surface area contributed by atoms with Gasteiger partial charge in [-0.3, -0.25) is 4.79 Å². The topological polar surface area (TPSA) is 112 Å². The molecule has 104 valence electrons. The monoisotopic (exact) mass is 276 g/mol. The van der Waals surface area contributed by atoms with Gasteiger partial charge in [0.25, 0.3) is 0 Å². The Bertz CT molecular complexity index is 640. The van der Waals surface area contributed by atoms with E-state index in [-0.39, 0.29) is 18.6 Å². The Hall–Kier alpha value is -2.61. The third kappa shape index (κ3) is 2.28. The van der Waals surface area contributed by atoms with Crippen molar-refractivity contribution in [2.75, 3.05) is 19.9 Å². The maximum Gasteiger partial charge on any atom is 0.308 e. The molecule has 8 nitrogen and oxygen atoms in total. The lowest BCUT2D eigenvalue weighted by Gasteiger charge is -1.99. The molecule has 1 aliphatic rings. The molecule has 0 atom stereocenters. The van der Waals surface area contributed by atoms with Crippen molar-refractivity contribution in [2.24, 2.45) is 5.73 Å². The van der Waals surface area contributed by atoms with Crippen LogP contribution in [0.25, 0.3) is 11.5 Å². The van der Waals surface area contributed by atoms with E-state index in [1.54, 1.807) is 18.2 Å². The van der Waals surface area contributed by atoms with E-state index in [1.807, 2.05) is 0 Å². The van der Waals surface area contributed by atoms with E-state index in [4.69, 9.17) is 19.6 Å². The first kappa shape index (κ1) is 12.4. The van der Waals surface area contributed by atoms with Gasteiger partial charge in [0.2, 0.25) is 12.7 Å². The summed E-state index contributed by atoms with van der Waals surface area (Å²) in [5.41, 5.74) is 5.95. The highest BCUT2D eigenvalue weighted by Gasteiger charge is 2.18. The maximum absolute atomic E-state index is 11.6. The van der Waals surface area contributed by atoms with Gasteiger partial charge in [-0.2, -0.15) is 0 Å². The van der Waals surface area contributed by atoms with Crippen LogP contribution >= 0.6 is 0 Å². The fourth-order valence-electron chi connectivity index (χ4n) is 1.72. The Balaban J connectivity index is 1.81. The number of rotatable bonds is 4. The number of carbonyl (C=O) groups is 1. The van der Waals surface area contributed by atoms with Crippen molar-refractivity contribution >= 4 is 5.91 Å². The Kier molecular flexibility index (Phi) is 3.21. The third-order valence-corrected chi connectivity index (χ3v) is 2.67. The molecule has 3 rings (SSSR count). The zero-order valence-electron chi connectivity index (χ0n) is 10.5. The molecular formula is C12H12N4O4. The molecule has 0 saturated heterocycles. The predicted octanol–water partition coefficient (Wildman–Crippen LogP) is 0.154. The van der Waals surface area contributed by atoms with Gasteiger partial charge in [0.15, 0.2) is 11.5 Å². The number of aromatic nitrogens is 2. The normalized spacial score (nSPS) is 12.4. The van der Waals surface area contributed by atoms with Crippen LogP contribution in [0.4, 0.5) is 0 Å². The number of fused-ring (bicyclic) bond motifs is 1. The zero-order valence-corrected chi connectivity index (χ0v) is 10.5. The van der Waals surface area contributed by atoms with Gasteiger partial charge in [0.1, 0.15) is 0 Å². The number of carbonyl (C=O) groups excluding carboxylic acids is 1. The maximum atomic E-state index is 11.6. The molecule has 8 heteroatoms. The minimum atomic E-state index is -0.449. The second-order valence-corrected chi connectivity index (χ2v) is 4.02. The minimum absolute atomic E-state index is 0.105. The zero-order chi connectivity index (χ0) is 13.9. The fraction of sp³-hybridized carbons (Fsp3) is 0.250. The standard InChI is InChI=1S/C12H12N4O4/c13-3-4-14-10(17)12-16-15-11(20-12)7-1-2-8-9(5-7)19-6-18-8/h1-2,5H,3-4,6,13H2,(H,14,17). The van der Waals surface area contributed by atoms with Crippen molar-refractivity contribution in [2.45, 2.75) is 0 Å². The summed E-state index contributed by atoms with van der Waals surface area (Å²) in [5, 5.41) is 10.1. The fourth-order valence-corrected chi connectivity index (χ4v) is 1.72. The SMILES string of the molecule is NCCNC(=O)c1nnc(-c2ccc3c(c2)OCO3)o1. The second-order valence-electron chi connectivity index (χ2n) is 4.02. The van der Waals surface area contributed by atoms with E-state index < -0.39 is 5.91 Å². The largest absolute Gasteiger partial charge is 0.454 e. The van der Waals surface area contributed by atoms with Crippen LogP contribution in [-0.4, -0.2) is 36.0 Å². The summed E-state index contributed by atoms with van der Waals surface area (Å²) in [4.78, 5) is 11.6. The van der Waals surface area contributed by atoms with Crippen molar-refractivity contribution in [1.82, 2.24) is 15.5 Å². The number of nitrogens with two attached hydrogens (primary N) is 1. The van der Waals surface area contributed by atoms with Crippen LogP contribution in [0.3, 0.4) is 0 Å². The molecule has 3 N–H and O–H groups in total. The minimum Gasteiger partial charge on any atom is -0.454 e. The molecule has 0 fully saturated rings. The number of hydrogen-bond acceptors (Lipinski definition) is 7. The van der Waals surface area contributed by atoms with Crippen LogP contribution in [0.5, 0.6) is 11.5 Å². The van der Waals surface area contributed by atoms with E-state index in [1.165, 1.54) is 0 Å². The lowest BCUT2D eigenvalue weighted by atomic mass is 10.2. The summed E-state index contributed by atoms with van der Waals surface area (Å²) >= 11 is 0. The first-order valence-corrected chi connectivity index (χ1v) is 6.00. The first-order valence-electron chi connectivity index (χ1n) is 6.00. The molecule has 1 amide bonds. The van der Waals surface area contributed by atoms with E-state index in [0.717, 1.165) is 0 Å². The summed E-state index contributed by atoms with van der Waals surface area (Å²) in [5.74, 6) is 0.950. The van der Waals surface area contributed by atoms with E-state index in [9.17, 15) is 4.79 Å². The van der Waals surface area contributed by atoms with Gasteiger partial charge >= 0.3 is 11.8 Å². The lowest BCUT2D eigenvalue weighted by Crippen LogP contribution is -2.29. The van der Waals surface area contributed by atoms with Crippen molar-refractivity contribution < 1.29 is 18.7 Å². The summed E-state index contributed by atoms with van der Waals surface area (Å²) in [7, 11) is 0. The van der Waals surface area contributed by atoms with Gasteiger partial charge in [0.05, 0.1) is 0 Å². The summed E-state index contributed by atoms with van der Waals surface area (Å²) in [6.07, 6.45) is 0. The molecule has 0 radical (unpaired) electrons. The number of benzene rings is 1. The summed E-state index contributed by atoms with van der Waals surface area (Å²) in [6.45, 7) is 0.880. The van der Waals surface area contributed by atoms with Gasteiger partial charge in [-0.25, -0.2) is 0 Å². The van der Waals surface area contributed by atoms with Crippen LogP contribution in [0.1, 0.15) is 10.7 Å². The molecule has 1 aromatic carbocycles. The van der Waals surface area contributed by atoms with Crippen molar-refractivity contribution in [3.63, 3.8) is 0 Å². The molecular weight excluding hydrogens is 264 g/mol. The molecule has 1 aliphatic heterocycles. The van der Waals surface area contributed by atoms with Gasteiger partial charge in [-0.15, -0.1) is 10.2 Å². The number of ether oxygens (including phenoxy) is 2. The number of amides is 1. The van der Waals surface area contributed by atoms with Crippen molar-refractivity contribution in [3.05, 3.63) is 24.1 Å². The number of hydrogen-bond donors (Lipinski definition) is 2. The van der Waals surface area contributed by atoms with E-state index >= 15 is 0 Å². The summed E-state index contributed by atoms with van der Waals surface area (Å²) < 4.78 is 15.8. The third-order valence-electron chi connectivity index (χ3n) is 2.67. The van der Waals surface area contributed by atoms with Crippen LogP contribution < -0.4 is 20.5 Å². The Labute approximate surface area is 113 Å². The van der Waals surface area contributed by atoms with Gasteiger partial charge in [-0.05, 0) is 18.2 Å². The molecule has 0 bridgehead atoms. The quantitative estimate of drug-likeness (QED) is 0.817. The highest BCUT2D eigenvalue weighted by Crippen LogP contribution is 2.35. The molecule has 0 unspecified atom stereocenters. The Morgan fingerprint density at radius 1 is 1.30 bits per heavy atom. The smallest absolute Gasteiger partial charge is 0.308 e. The Morgan fingerprint density at radius 3 is 3.00 bits per heavy atom. The predicted molar refractivity (Wildman–Crippen MR) is 67.2 cm³/mol. The molecule has 2 aromatic rings. The van der Waals surface area contributed by atoms with Gasteiger partial charge in [0, 0.05) is 18.7 Å². The van der Waals surface area contributed by atoms with Gasteiger partial charge in [-0.1, -0.05) is 0 Å². The van der Waals surface area contributed by atoms with Gasteiger partial charge < -0.3 is 24.9 Å². The van der Waals surface area contributed by atoms with E-state index in [2.05, 4.69) is 15.5 Å². The number of nitrogens with one attached hydrogen (secondary N) is 1. The highest BCUT2D eigenvalue weighted by atomic mass is 16.7. The average molecular weight is 276 g/mol. The number of nitrogens with zero attached hydrogens (tertiary/aromatic N) is 2.